The summed E-state index contributed by atoms with van der Waals surface area (Å²) in [4.78, 5) is 12.2. The molecule has 0 atom stereocenters. The lowest BCUT2D eigenvalue weighted by atomic mass is 10.2. The molecule has 0 aliphatic carbocycles. The van der Waals surface area contributed by atoms with Crippen molar-refractivity contribution < 1.29 is 13.2 Å². The minimum Gasteiger partial charge on any atom is -0.341 e. The van der Waals surface area contributed by atoms with E-state index in [0.717, 1.165) is 5.56 Å². The SMILES string of the molecule is C#CCNC(=O)c1ccccc1NS(=O)(=O)c1ccc(C)cc1. The van der Waals surface area contributed by atoms with Crippen LogP contribution in [0.1, 0.15) is 15.9 Å². The number of hydrogen-bond acceptors (Lipinski definition) is 3. The van der Waals surface area contributed by atoms with Gasteiger partial charge in [-0.05, 0) is 31.2 Å². The van der Waals surface area contributed by atoms with E-state index in [4.69, 9.17) is 6.42 Å². The van der Waals surface area contributed by atoms with Crippen LogP contribution in [0.4, 0.5) is 5.69 Å². The van der Waals surface area contributed by atoms with Gasteiger partial charge in [0.15, 0.2) is 0 Å². The average Bonchev–Trinajstić information content (AvgIpc) is 2.53. The molecular formula is C17H16N2O3S. The van der Waals surface area contributed by atoms with Crippen molar-refractivity contribution in [3.63, 3.8) is 0 Å². The zero-order valence-corrected chi connectivity index (χ0v) is 13.4. The Bertz CT molecular complexity index is 850. The predicted molar refractivity (Wildman–Crippen MR) is 89.6 cm³/mol. The Morgan fingerprint density at radius 3 is 2.43 bits per heavy atom. The van der Waals surface area contributed by atoms with Gasteiger partial charge in [0.25, 0.3) is 15.9 Å². The van der Waals surface area contributed by atoms with Gasteiger partial charge < -0.3 is 5.32 Å². The minimum absolute atomic E-state index is 0.0673. The third-order valence-electron chi connectivity index (χ3n) is 3.10. The van der Waals surface area contributed by atoms with E-state index in [2.05, 4.69) is 16.0 Å². The van der Waals surface area contributed by atoms with Gasteiger partial charge in [0.05, 0.1) is 22.7 Å². The number of para-hydroxylation sites is 1. The number of terminal acetylenes is 1. The molecule has 23 heavy (non-hydrogen) atoms. The van der Waals surface area contributed by atoms with E-state index in [-0.39, 0.29) is 22.7 Å². The summed E-state index contributed by atoms with van der Waals surface area (Å²) in [5.41, 5.74) is 1.36. The van der Waals surface area contributed by atoms with Crippen LogP contribution < -0.4 is 10.0 Å². The van der Waals surface area contributed by atoms with Gasteiger partial charge in [-0.2, -0.15) is 0 Å². The van der Waals surface area contributed by atoms with Gasteiger partial charge in [-0.1, -0.05) is 35.7 Å². The standard InChI is InChI=1S/C17H16N2O3S/c1-3-12-18-17(20)15-6-4-5-7-16(15)19-23(21,22)14-10-8-13(2)9-11-14/h1,4-11,19H,12H2,2H3,(H,18,20). The molecule has 0 unspecified atom stereocenters. The molecule has 0 fully saturated rings. The van der Waals surface area contributed by atoms with Crippen molar-refractivity contribution in [2.45, 2.75) is 11.8 Å². The largest absolute Gasteiger partial charge is 0.341 e. The number of rotatable bonds is 5. The Labute approximate surface area is 135 Å². The first kappa shape index (κ1) is 16.6. The summed E-state index contributed by atoms with van der Waals surface area (Å²) in [6.07, 6.45) is 5.11. The normalized spacial score (nSPS) is 10.6. The fourth-order valence-corrected chi connectivity index (χ4v) is 3.00. The zero-order valence-electron chi connectivity index (χ0n) is 12.5. The van der Waals surface area contributed by atoms with Crippen LogP contribution in [0.3, 0.4) is 0 Å². The second-order valence-corrected chi connectivity index (χ2v) is 6.53. The molecule has 0 aliphatic heterocycles. The molecule has 5 nitrogen and oxygen atoms in total. The Morgan fingerprint density at radius 1 is 1.13 bits per heavy atom. The van der Waals surface area contributed by atoms with Crippen LogP contribution >= 0.6 is 0 Å². The molecule has 2 rings (SSSR count). The second-order valence-electron chi connectivity index (χ2n) is 4.85. The number of carbonyl (C=O) groups excluding carboxylic acids is 1. The maximum absolute atomic E-state index is 12.4. The van der Waals surface area contributed by atoms with Crippen LogP contribution in [0.5, 0.6) is 0 Å². The van der Waals surface area contributed by atoms with E-state index >= 15 is 0 Å². The summed E-state index contributed by atoms with van der Waals surface area (Å²) in [5.74, 6) is 1.86. The summed E-state index contributed by atoms with van der Waals surface area (Å²) >= 11 is 0. The molecule has 0 radical (unpaired) electrons. The van der Waals surface area contributed by atoms with Crippen molar-refractivity contribution in [3.8, 4) is 12.3 Å². The number of hydrogen-bond donors (Lipinski definition) is 2. The van der Waals surface area contributed by atoms with Crippen LogP contribution in [0.15, 0.2) is 53.4 Å². The molecule has 6 heteroatoms. The Hall–Kier alpha value is -2.78. The van der Waals surface area contributed by atoms with E-state index in [1.807, 2.05) is 6.92 Å². The Morgan fingerprint density at radius 2 is 1.78 bits per heavy atom. The summed E-state index contributed by atoms with van der Waals surface area (Å²) in [5, 5.41) is 2.51. The summed E-state index contributed by atoms with van der Waals surface area (Å²) in [6.45, 7) is 1.94. The van der Waals surface area contributed by atoms with Crippen molar-refractivity contribution in [3.05, 3.63) is 59.7 Å². The van der Waals surface area contributed by atoms with Gasteiger partial charge in [-0.3, -0.25) is 9.52 Å². The maximum atomic E-state index is 12.4. The Kier molecular flexibility index (Phi) is 5.04. The van der Waals surface area contributed by atoms with Crippen LogP contribution in [-0.2, 0) is 10.0 Å². The minimum atomic E-state index is -3.78. The first-order valence-corrected chi connectivity index (χ1v) is 8.32. The van der Waals surface area contributed by atoms with E-state index in [0.29, 0.717) is 0 Å². The van der Waals surface area contributed by atoms with Gasteiger partial charge in [-0.15, -0.1) is 6.42 Å². The van der Waals surface area contributed by atoms with E-state index < -0.39 is 15.9 Å². The molecule has 2 N–H and O–H groups in total. The van der Waals surface area contributed by atoms with Crippen molar-refractivity contribution >= 4 is 21.6 Å². The van der Waals surface area contributed by atoms with Crippen LogP contribution in [0.25, 0.3) is 0 Å². The molecule has 0 heterocycles. The molecule has 0 aliphatic rings. The quantitative estimate of drug-likeness (QED) is 0.826. The van der Waals surface area contributed by atoms with Gasteiger partial charge >= 0.3 is 0 Å². The molecule has 0 spiro atoms. The first-order chi connectivity index (χ1) is 10.9. The number of sulfonamides is 1. The lowest BCUT2D eigenvalue weighted by molar-refractivity contribution is 0.0959. The van der Waals surface area contributed by atoms with Gasteiger partial charge in [-0.25, -0.2) is 8.42 Å². The maximum Gasteiger partial charge on any atom is 0.261 e. The average molecular weight is 328 g/mol. The molecule has 1 amide bonds. The van der Waals surface area contributed by atoms with Crippen LogP contribution in [0.2, 0.25) is 0 Å². The number of anilines is 1. The molecule has 2 aromatic rings. The van der Waals surface area contributed by atoms with Crippen molar-refractivity contribution in [2.24, 2.45) is 0 Å². The van der Waals surface area contributed by atoms with E-state index in [9.17, 15) is 13.2 Å². The summed E-state index contributed by atoms with van der Waals surface area (Å²) in [7, 11) is -3.78. The predicted octanol–water partition coefficient (Wildman–Crippen LogP) is 2.16. The fraction of sp³-hybridized carbons (Fsp3) is 0.118. The second kappa shape index (κ2) is 6.99. The highest BCUT2D eigenvalue weighted by Gasteiger charge is 2.18. The molecule has 2 aromatic carbocycles. The number of carbonyl (C=O) groups is 1. The van der Waals surface area contributed by atoms with Crippen molar-refractivity contribution in [2.75, 3.05) is 11.3 Å². The topological polar surface area (TPSA) is 75.3 Å². The molecule has 0 saturated heterocycles. The van der Waals surface area contributed by atoms with Gasteiger partial charge in [0, 0.05) is 0 Å². The third-order valence-corrected chi connectivity index (χ3v) is 4.48. The van der Waals surface area contributed by atoms with Crippen molar-refractivity contribution in [1.29, 1.82) is 0 Å². The highest BCUT2D eigenvalue weighted by Crippen LogP contribution is 2.20. The highest BCUT2D eigenvalue weighted by atomic mass is 32.2. The summed E-state index contributed by atoms with van der Waals surface area (Å²) in [6, 6.07) is 12.8. The van der Waals surface area contributed by atoms with Gasteiger partial charge in [0.2, 0.25) is 0 Å². The fourth-order valence-electron chi connectivity index (χ4n) is 1.92. The molecule has 118 valence electrons. The lowest BCUT2D eigenvalue weighted by Crippen LogP contribution is -2.25. The monoisotopic (exact) mass is 328 g/mol. The number of nitrogens with one attached hydrogen (secondary N) is 2. The van der Waals surface area contributed by atoms with Gasteiger partial charge in [0.1, 0.15) is 0 Å². The summed E-state index contributed by atoms with van der Waals surface area (Å²) < 4.78 is 27.3. The lowest BCUT2D eigenvalue weighted by Gasteiger charge is -2.12. The molecule has 0 bridgehead atoms. The zero-order chi connectivity index (χ0) is 16.9. The first-order valence-electron chi connectivity index (χ1n) is 6.84. The number of benzene rings is 2. The van der Waals surface area contributed by atoms with E-state index in [1.54, 1.807) is 24.3 Å². The smallest absolute Gasteiger partial charge is 0.261 e. The van der Waals surface area contributed by atoms with Crippen LogP contribution in [0, 0.1) is 19.3 Å². The number of aryl methyl sites for hydroxylation is 1. The van der Waals surface area contributed by atoms with E-state index in [1.165, 1.54) is 24.3 Å². The number of amides is 1. The van der Waals surface area contributed by atoms with Crippen LogP contribution in [-0.4, -0.2) is 20.9 Å². The van der Waals surface area contributed by atoms with Crippen molar-refractivity contribution in [1.82, 2.24) is 5.32 Å². The molecule has 0 saturated carbocycles. The Balaban J connectivity index is 2.31. The molecule has 0 aromatic heterocycles. The molecular weight excluding hydrogens is 312 g/mol. The highest BCUT2D eigenvalue weighted by molar-refractivity contribution is 7.92. The third kappa shape index (κ3) is 4.11.